The van der Waals surface area contributed by atoms with E-state index in [1.807, 2.05) is 13.0 Å². The Bertz CT molecular complexity index is 407. The predicted molar refractivity (Wildman–Crippen MR) is 78.5 cm³/mol. The second kappa shape index (κ2) is 5.90. The van der Waals surface area contributed by atoms with E-state index < -0.39 is 0 Å². The third kappa shape index (κ3) is 3.36. The Morgan fingerprint density at radius 2 is 2.21 bits per heavy atom. The van der Waals surface area contributed by atoms with Crippen LogP contribution in [0.5, 0.6) is 0 Å². The van der Waals surface area contributed by atoms with Crippen molar-refractivity contribution >= 4 is 11.8 Å². The van der Waals surface area contributed by atoms with Crippen LogP contribution >= 0.6 is 11.8 Å². The highest BCUT2D eigenvalue weighted by molar-refractivity contribution is 7.99. The van der Waals surface area contributed by atoms with Crippen LogP contribution in [0.3, 0.4) is 0 Å². The molecule has 0 saturated carbocycles. The van der Waals surface area contributed by atoms with Crippen molar-refractivity contribution in [3.05, 3.63) is 23.7 Å². The van der Waals surface area contributed by atoms with Gasteiger partial charge in [-0.1, -0.05) is 0 Å². The number of hydrogen-bond donors (Lipinski definition) is 1. The highest BCUT2D eigenvalue weighted by Gasteiger charge is 2.38. The molecule has 4 heteroatoms. The number of thioether (sulfide) groups is 1. The molecule has 2 aliphatic rings. The van der Waals surface area contributed by atoms with E-state index in [2.05, 4.69) is 23.1 Å². The van der Waals surface area contributed by atoms with Crippen LogP contribution in [0.2, 0.25) is 0 Å². The van der Waals surface area contributed by atoms with Crippen LogP contribution < -0.4 is 5.32 Å². The van der Waals surface area contributed by atoms with Gasteiger partial charge in [0.25, 0.3) is 0 Å². The van der Waals surface area contributed by atoms with E-state index in [1.54, 1.807) is 0 Å². The topological polar surface area (TPSA) is 34.4 Å². The van der Waals surface area contributed by atoms with Crippen molar-refractivity contribution in [2.75, 3.05) is 18.1 Å². The zero-order valence-electron chi connectivity index (χ0n) is 11.6. The molecule has 1 aromatic heterocycles. The van der Waals surface area contributed by atoms with Crippen LogP contribution in [0.15, 0.2) is 16.5 Å². The molecule has 0 bridgehead atoms. The van der Waals surface area contributed by atoms with Crippen LogP contribution in [0.1, 0.15) is 37.2 Å². The Balaban J connectivity index is 1.53. The molecule has 3 rings (SSSR count). The maximum atomic E-state index is 6.12. The summed E-state index contributed by atoms with van der Waals surface area (Å²) >= 11 is 2.06. The molecule has 19 heavy (non-hydrogen) atoms. The largest absolute Gasteiger partial charge is 0.465 e. The highest BCUT2D eigenvalue weighted by Crippen LogP contribution is 2.37. The molecule has 3 nitrogen and oxygen atoms in total. The number of nitrogens with one attached hydrogen (secondary N) is 1. The van der Waals surface area contributed by atoms with Gasteiger partial charge in [-0.05, 0) is 56.2 Å². The van der Waals surface area contributed by atoms with E-state index in [-0.39, 0.29) is 5.60 Å². The monoisotopic (exact) mass is 281 g/mol. The lowest BCUT2D eigenvalue weighted by Crippen LogP contribution is -2.48. The van der Waals surface area contributed by atoms with Gasteiger partial charge < -0.3 is 14.5 Å². The molecule has 106 valence electrons. The van der Waals surface area contributed by atoms with Gasteiger partial charge in [0, 0.05) is 12.6 Å². The van der Waals surface area contributed by atoms with Gasteiger partial charge in [0.15, 0.2) is 0 Å². The first-order chi connectivity index (χ1) is 9.26. The summed E-state index contributed by atoms with van der Waals surface area (Å²) in [5.74, 6) is 4.54. The summed E-state index contributed by atoms with van der Waals surface area (Å²) in [5, 5.41) is 3.64. The highest BCUT2D eigenvalue weighted by atomic mass is 32.2. The first kappa shape index (κ1) is 13.5. The molecule has 2 saturated heterocycles. The first-order valence-electron chi connectivity index (χ1n) is 7.26. The minimum absolute atomic E-state index is 0.167. The summed E-state index contributed by atoms with van der Waals surface area (Å²) in [6.07, 6.45) is 4.72. The molecule has 0 aliphatic carbocycles. The van der Waals surface area contributed by atoms with E-state index in [4.69, 9.17) is 9.15 Å². The third-order valence-electron chi connectivity index (χ3n) is 4.26. The Morgan fingerprint density at radius 1 is 1.37 bits per heavy atom. The molecular weight excluding hydrogens is 258 g/mol. The standard InChI is InChI=1S/C15H23NO2S/c1-12-2-3-14(18-12)11-16-13-4-7-17-15(10-13)5-8-19-9-6-15/h2-3,13,16H,4-11H2,1H3. The summed E-state index contributed by atoms with van der Waals surface area (Å²) in [7, 11) is 0. The molecule has 2 aliphatic heterocycles. The fourth-order valence-corrected chi connectivity index (χ4v) is 4.36. The molecule has 3 heterocycles. The third-order valence-corrected chi connectivity index (χ3v) is 5.24. The van der Waals surface area contributed by atoms with Crippen molar-refractivity contribution in [2.24, 2.45) is 0 Å². The Hall–Kier alpha value is -0.450. The van der Waals surface area contributed by atoms with Crippen molar-refractivity contribution in [3.8, 4) is 0 Å². The lowest BCUT2D eigenvalue weighted by molar-refractivity contribution is -0.0934. The maximum Gasteiger partial charge on any atom is 0.117 e. The maximum absolute atomic E-state index is 6.12. The Morgan fingerprint density at radius 3 is 2.95 bits per heavy atom. The van der Waals surface area contributed by atoms with E-state index >= 15 is 0 Å². The lowest BCUT2D eigenvalue weighted by Gasteiger charge is -2.43. The van der Waals surface area contributed by atoms with Crippen molar-refractivity contribution in [2.45, 2.75) is 50.8 Å². The number of ether oxygens (including phenoxy) is 1. The Labute approximate surface area is 119 Å². The number of furan rings is 1. The van der Waals surface area contributed by atoms with Crippen molar-refractivity contribution < 1.29 is 9.15 Å². The van der Waals surface area contributed by atoms with Crippen LogP contribution in [0, 0.1) is 6.92 Å². The molecule has 1 unspecified atom stereocenters. The van der Waals surface area contributed by atoms with Gasteiger partial charge in [0.1, 0.15) is 11.5 Å². The number of rotatable bonds is 3. The quantitative estimate of drug-likeness (QED) is 0.923. The van der Waals surface area contributed by atoms with Crippen molar-refractivity contribution in [1.29, 1.82) is 0 Å². The van der Waals surface area contributed by atoms with Gasteiger partial charge in [-0.2, -0.15) is 11.8 Å². The fourth-order valence-electron chi connectivity index (χ4n) is 3.12. The normalized spacial score (nSPS) is 26.7. The minimum atomic E-state index is 0.167. The lowest BCUT2D eigenvalue weighted by atomic mass is 9.85. The Kier molecular flexibility index (Phi) is 4.20. The second-order valence-corrected chi connectivity index (χ2v) is 6.95. The number of aryl methyl sites for hydroxylation is 1. The van der Waals surface area contributed by atoms with Crippen molar-refractivity contribution in [3.63, 3.8) is 0 Å². The van der Waals surface area contributed by atoms with Gasteiger partial charge in [0.05, 0.1) is 12.1 Å². The molecule has 1 atom stereocenters. The van der Waals surface area contributed by atoms with Crippen LogP contribution in [-0.4, -0.2) is 29.8 Å². The summed E-state index contributed by atoms with van der Waals surface area (Å²) in [5.41, 5.74) is 0.167. The fraction of sp³-hybridized carbons (Fsp3) is 0.733. The molecule has 0 amide bonds. The molecule has 0 aromatic carbocycles. The van der Waals surface area contributed by atoms with Crippen LogP contribution in [0.4, 0.5) is 0 Å². The smallest absolute Gasteiger partial charge is 0.117 e. The zero-order chi connectivity index (χ0) is 13.1. The second-order valence-electron chi connectivity index (χ2n) is 5.73. The van der Waals surface area contributed by atoms with E-state index in [9.17, 15) is 0 Å². The zero-order valence-corrected chi connectivity index (χ0v) is 12.4. The first-order valence-corrected chi connectivity index (χ1v) is 8.42. The summed E-state index contributed by atoms with van der Waals surface area (Å²) in [6, 6.07) is 4.66. The average Bonchev–Trinajstić information content (AvgIpc) is 2.83. The average molecular weight is 281 g/mol. The van der Waals surface area contributed by atoms with Crippen LogP contribution in [-0.2, 0) is 11.3 Å². The molecule has 2 fully saturated rings. The van der Waals surface area contributed by atoms with Gasteiger partial charge in [-0.15, -0.1) is 0 Å². The van der Waals surface area contributed by atoms with E-state index in [0.29, 0.717) is 6.04 Å². The van der Waals surface area contributed by atoms with E-state index in [1.165, 1.54) is 24.3 Å². The molecule has 1 spiro atoms. The molecular formula is C15H23NO2S. The molecule has 0 radical (unpaired) electrons. The molecule has 1 aromatic rings. The van der Waals surface area contributed by atoms with Crippen molar-refractivity contribution in [1.82, 2.24) is 5.32 Å². The van der Waals surface area contributed by atoms with Gasteiger partial charge in [-0.3, -0.25) is 0 Å². The molecule has 1 N–H and O–H groups in total. The van der Waals surface area contributed by atoms with Gasteiger partial charge in [-0.25, -0.2) is 0 Å². The van der Waals surface area contributed by atoms with E-state index in [0.717, 1.165) is 37.5 Å². The summed E-state index contributed by atoms with van der Waals surface area (Å²) in [4.78, 5) is 0. The van der Waals surface area contributed by atoms with Gasteiger partial charge in [0.2, 0.25) is 0 Å². The van der Waals surface area contributed by atoms with Crippen LogP contribution in [0.25, 0.3) is 0 Å². The summed E-state index contributed by atoms with van der Waals surface area (Å²) in [6.45, 7) is 3.73. The van der Waals surface area contributed by atoms with Gasteiger partial charge >= 0.3 is 0 Å². The summed E-state index contributed by atoms with van der Waals surface area (Å²) < 4.78 is 11.7. The SMILES string of the molecule is Cc1ccc(CNC2CCOC3(CCSCC3)C2)o1. The minimum Gasteiger partial charge on any atom is -0.465 e. The number of hydrogen-bond acceptors (Lipinski definition) is 4. The predicted octanol–water partition coefficient (Wildman–Crippen LogP) is 3.12.